The van der Waals surface area contributed by atoms with Crippen molar-refractivity contribution in [2.45, 2.75) is 25.9 Å². The standard InChI is InChI=1S/C21H19F2NO4S/c1-13-17-10-15(22)6-7-19(17)28-20(13)21(25)24(16-8-9-29(26,27)12-16)11-14-4-2-3-5-18(14)23/h2-7,10,16H,8-9,11-12H2,1H3/t16-/m0/s1. The van der Waals surface area contributed by atoms with Crippen molar-refractivity contribution >= 4 is 26.7 Å². The fourth-order valence-corrected chi connectivity index (χ4v) is 5.46. The van der Waals surface area contributed by atoms with Gasteiger partial charge in [-0.3, -0.25) is 4.79 Å². The number of nitrogens with zero attached hydrogens (tertiary/aromatic N) is 1. The second kappa shape index (κ2) is 7.26. The summed E-state index contributed by atoms with van der Waals surface area (Å²) in [5, 5.41) is 0.471. The van der Waals surface area contributed by atoms with Gasteiger partial charge in [0.2, 0.25) is 0 Å². The van der Waals surface area contributed by atoms with E-state index in [1.165, 1.54) is 29.2 Å². The van der Waals surface area contributed by atoms with Crippen molar-refractivity contribution in [1.29, 1.82) is 0 Å². The molecule has 1 fully saturated rings. The first-order valence-corrected chi connectivity index (χ1v) is 11.0. The van der Waals surface area contributed by atoms with Crippen LogP contribution in [0.4, 0.5) is 8.78 Å². The summed E-state index contributed by atoms with van der Waals surface area (Å²) in [5.74, 6) is -1.67. The van der Waals surface area contributed by atoms with Gasteiger partial charge < -0.3 is 9.32 Å². The van der Waals surface area contributed by atoms with Gasteiger partial charge in [0.1, 0.15) is 17.2 Å². The van der Waals surface area contributed by atoms with Gasteiger partial charge in [-0.1, -0.05) is 18.2 Å². The zero-order chi connectivity index (χ0) is 20.8. The number of carbonyl (C=O) groups excluding carboxylic acids is 1. The van der Waals surface area contributed by atoms with E-state index in [-0.39, 0.29) is 35.8 Å². The van der Waals surface area contributed by atoms with Gasteiger partial charge in [-0.25, -0.2) is 17.2 Å². The van der Waals surface area contributed by atoms with E-state index in [0.29, 0.717) is 16.5 Å². The SMILES string of the molecule is Cc1c(C(=O)N(Cc2ccccc2F)[C@H]2CCS(=O)(=O)C2)oc2ccc(F)cc12. The smallest absolute Gasteiger partial charge is 0.290 e. The highest BCUT2D eigenvalue weighted by atomic mass is 32.2. The molecular formula is C21H19F2NO4S. The molecule has 152 valence electrons. The fourth-order valence-electron chi connectivity index (χ4n) is 3.73. The molecule has 0 unspecified atom stereocenters. The van der Waals surface area contributed by atoms with Gasteiger partial charge in [-0.15, -0.1) is 0 Å². The van der Waals surface area contributed by atoms with Crippen molar-refractivity contribution in [3.63, 3.8) is 0 Å². The number of hydrogen-bond donors (Lipinski definition) is 0. The maximum absolute atomic E-state index is 14.2. The zero-order valence-corrected chi connectivity index (χ0v) is 16.5. The molecule has 1 aromatic heterocycles. The molecule has 0 aliphatic carbocycles. The highest BCUT2D eigenvalue weighted by molar-refractivity contribution is 7.91. The summed E-state index contributed by atoms with van der Waals surface area (Å²) in [6, 6.07) is 9.42. The van der Waals surface area contributed by atoms with E-state index in [1.807, 2.05) is 0 Å². The lowest BCUT2D eigenvalue weighted by Gasteiger charge is -2.28. The molecule has 1 atom stereocenters. The Hall–Kier alpha value is -2.74. The summed E-state index contributed by atoms with van der Waals surface area (Å²) >= 11 is 0. The molecule has 29 heavy (non-hydrogen) atoms. The lowest BCUT2D eigenvalue weighted by Crippen LogP contribution is -2.41. The molecule has 2 heterocycles. The van der Waals surface area contributed by atoms with Crippen LogP contribution in [0.1, 0.15) is 28.1 Å². The lowest BCUT2D eigenvalue weighted by molar-refractivity contribution is 0.0647. The van der Waals surface area contributed by atoms with Crippen LogP contribution < -0.4 is 0 Å². The first kappa shape index (κ1) is 19.6. The van der Waals surface area contributed by atoms with Crippen LogP contribution >= 0.6 is 0 Å². The summed E-state index contributed by atoms with van der Waals surface area (Å²) in [5.41, 5.74) is 1.10. The lowest BCUT2D eigenvalue weighted by atomic mass is 10.1. The summed E-state index contributed by atoms with van der Waals surface area (Å²) in [6.07, 6.45) is 0.274. The second-order valence-electron chi connectivity index (χ2n) is 7.28. The molecule has 0 spiro atoms. The van der Waals surface area contributed by atoms with E-state index in [4.69, 9.17) is 4.42 Å². The third kappa shape index (κ3) is 3.76. The zero-order valence-electron chi connectivity index (χ0n) is 15.7. The van der Waals surface area contributed by atoms with Gasteiger partial charge in [-0.2, -0.15) is 0 Å². The Bertz CT molecular complexity index is 1200. The van der Waals surface area contributed by atoms with E-state index in [2.05, 4.69) is 0 Å². The monoisotopic (exact) mass is 419 g/mol. The minimum absolute atomic E-state index is 0.00578. The van der Waals surface area contributed by atoms with Crippen molar-refractivity contribution in [3.05, 3.63) is 71.0 Å². The van der Waals surface area contributed by atoms with Crippen LogP contribution in [-0.4, -0.2) is 36.8 Å². The quantitative estimate of drug-likeness (QED) is 0.644. The van der Waals surface area contributed by atoms with Crippen molar-refractivity contribution in [2.75, 3.05) is 11.5 Å². The summed E-state index contributed by atoms with van der Waals surface area (Å²) in [7, 11) is -3.27. The van der Waals surface area contributed by atoms with Gasteiger partial charge in [0, 0.05) is 29.1 Å². The molecule has 2 aromatic carbocycles. The first-order chi connectivity index (χ1) is 13.7. The van der Waals surface area contributed by atoms with Gasteiger partial charge in [0.25, 0.3) is 5.91 Å². The average Bonchev–Trinajstić information content (AvgIpc) is 3.20. The largest absolute Gasteiger partial charge is 0.451 e. The average molecular weight is 419 g/mol. The van der Waals surface area contributed by atoms with Gasteiger partial charge >= 0.3 is 0 Å². The van der Waals surface area contributed by atoms with E-state index in [0.717, 1.165) is 0 Å². The van der Waals surface area contributed by atoms with Crippen molar-refractivity contribution in [3.8, 4) is 0 Å². The van der Waals surface area contributed by atoms with Gasteiger partial charge in [-0.05, 0) is 37.6 Å². The molecule has 3 aromatic rings. The molecular weight excluding hydrogens is 400 g/mol. The van der Waals surface area contributed by atoms with Crippen LogP contribution in [-0.2, 0) is 16.4 Å². The molecule has 8 heteroatoms. The Morgan fingerprint density at radius 3 is 2.66 bits per heavy atom. The van der Waals surface area contributed by atoms with Crippen LogP contribution in [0.5, 0.6) is 0 Å². The van der Waals surface area contributed by atoms with Gasteiger partial charge in [0.15, 0.2) is 15.6 Å². The van der Waals surface area contributed by atoms with Gasteiger partial charge in [0.05, 0.1) is 11.5 Å². The summed E-state index contributed by atoms with van der Waals surface area (Å²) in [6.45, 7) is 1.56. The number of rotatable bonds is 4. The molecule has 1 amide bonds. The van der Waals surface area contributed by atoms with E-state index in [9.17, 15) is 22.0 Å². The predicted octanol–water partition coefficient (Wildman–Crippen LogP) is 3.85. The molecule has 0 bridgehead atoms. The minimum Gasteiger partial charge on any atom is -0.451 e. The van der Waals surface area contributed by atoms with Crippen molar-refractivity contribution < 1.29 is 26.4 Å². The first-order valence-electron chi connectivity index (χ1n) is 9.18. The number of sulfone groups is 1. The fraction of sp³-hybridized carbons (Fsp3) is 0.286. The van der Waals surface area contributed by atoms with E-state index < -0.39 is 33.4 Å². The van der Waals surface area contributed by atoms with Crippen LogP contribution in [0, 0.1) is 18.6 Å². The molecule has 0 radical (unpaired) electrons. The molecule has 1 aliphatic heterocycles. The second-order valence-corrected chi connectivity index (χ2v) is 9.51. The number of halogens is 2. The van der Waals surface area contributed by atoms with Crippen molar-refractivity contribution in [1.82, 2.24) is 4.90 Å². The number of aryl methyl sites for hydroxylation is 1. The highest BCUT2D eigenvalue weighted by Gasteiger charge is 2.37. The molecule has 4 rings (SSSR count). The minimum atomic E-state index is -3.27. The number of furan rings is 1. The Morgan fingerprint density at radius 2 is 1.97 bits per heavy atom. The van der Waals surface area contributed by atoms with E-state index >= 15 is 0 Å². The van der Waals surface area contributed by atoms with Crippen LogP contribution in [0.15, 0.2) is 46.9 Å². The maximum Gasteiger partial charge on any atom is 0.290 e. The third-order valence-electron chi connectivity index (χ3n) is 5.30. The third-order valence-corrected chi connectivity index (χ3v) is 7.05. The Balaban J connectivity index is 1.75. The number of carbonyl (C=O) groups is 1. The number of fused-ring (bicyclic) bond motifs is 1. The van der Waals surface area contributed by atoms with Crippen molar-refractivity contribution in [2.24, 2.45) is 0 Å². The molecule has 1 aliphatic rings. The van der Waals surface area contributed by atoms with E-state index in [1.54, 1.807) is 25.1 Å². The normalized spacial score (nSPS) is 18.2. The summed E-state index contributed by atoms with van der Waals surface area (Å²) < 4.78 is 57.5. The Kier molecular flexibility index (Phi) is 4.90. The number of amides is 1. The number of hydrogen-bond acceptors (Lipinski definition) is 4. The molecule has 0 N–H and O–H groups in total. The van der Waals surface area contributed by atoms with Crippen LogP contribution in [0.25, 0.3) is 11.0 Å². The molecule has 0 saturated carbocycles. The Morgan fingerprint density at radius 1 is 1.21 bits per heavy atom. The summed E-state index contributed by atoms with van der Waals surface area (Å²) in [4.78, 5) is 14.7. The molecule has 5 nitrogen and oxygen atoms in total. The topological polar surface area (TPSA) is 67.6 Å². The van der Waals surface area contributed by atoms with Crippen LogP contribution in [0.2, 0.25) is 0 Å². The van der Waals surface area contributed by atoms with Crippen LogP contribution in [0.3, 0.4) is 0 Å². The highest BCUT2D eigenvalue weighted by Crippen LogP contribution is 2.30. The Labute approximate surface area is 166 Å². The maximum atomic E-state index is 14.2. The number of benzene rings is 2. The predicted molar refractivity (Wildman–Crippen MR) is 104 cm³/mol. The molecule has 1 saturated heterocycles.